The third kappa shape index (κ3) is 4.33. The zero-order chi connectivity index (χ0) is 15.2. The maximum absolute atomic E-state index is 6.02. The molecule has 0 saturated carbocycles. The Morgan fingerprint density at radius 3 is 2.29 bits per heavy atom. The van der Waals surface area contributed by atoms with Crippen LogP contribution in [0.5, 0.6) is 5.75 Å². The first-order valence-corrected chi connectivity index (χ1v) is 7.60. The Labute approximate surface area is 128 Å². The second-order valence-electron chi connectivity index (χ2n) is 5.61. The maximum Gasteiger partial charge on any atom is 0.122 e. The van der Waals surface area contributed by atoms with Gasteiger partial charge in [0, 0.05) is 0 Å². The standard InChI is InChI=1S/C19H25NO/c1-5-20-18(17-11-14(2)10-15(3)12-17)13-21-19-9-7-6-8-16(19)4/h6-12,18,20H,5,13H2,1-4H3. The van der Waals surface area contributed by atoms with Crippen LogP contribution in [0.1, 0.15) is 35.2 Å². The van der Waals surface area contributed by atoms with E-state index in [2.05, 4.69) is 57.3 Å². The number of hydrogen-bond acceptors (Lipinski definition) is 2. The monoisotopic (exact) mass is 283 g/mol. The number of hydrogen-bond donors (Lipinski definition) is 1. The molecule has 0 heterocycles. The predicted molar refractivity (Wildman–Crippen MR) is 89.0 cm³/mol. The van der Waals surface area contributed by atoms with Gasteiger partial charge in [0.05, 0.1) is 6.04 Å². The molecule has 2 aromatic carbocycles. The van der Waals surface area contributed by atoms with Gasteiger partial charge in [-0.15, -0.1) is 0 Å². The van der Waals surface area contributed by atoms with E-state index in [9.17, 15) is 0 Å². The number of benzene rings is 2. The van der Waals surface area contributed by atoms with E-state index >= 15 is 0 Å². The highest BCUT2D eigenvalue weighted by Crippen LogP contribution is 2.21. The Hall–Kier alpha value is -1.80. The van der Waals surface area contributed by atoms with Crippen molar-refractivity contribution in [1.82, 2.24) is 5.32 Å². The van der Waals surface area contributed by atoms with Crippen molar-refractivity contribution < 1.29 is 4.74 Å². The smallest absolute Gasteiger partial charge is 0.122 e. The van der Waals surface area contributed by atoms with Gasteiger partial charge in [0.1, 0.15) is 12.4 Å². The molecular formula is C19H25NO. The maximum atomic E-state index is 6.02. The normalized spacial score (nSPS) is 12.2. The quantitative estimate of drug-likeness (QED) is 0.851. The van der Waals surface area contributed by atoms with Gasteiger partial charge >= 0.3 is 0 Å². The lowest BCUT2D eigenvalue weighted by molar-refractivity contribution is 0.266. The van der Waals surface area contributed by atoms with E-state index in [1.807, 2.05) is 18.2 Å². The molecule has 2 aromatic rings. The minimum absolute atomic E-state index is 0.216. The Balaban J connectivity index is 2.14. The molecule has 2 rings (SSSR count). The summed E-state index contributed by atoms with van der Waals surface area (Å²) in [5.74, 6) is 0.963. The highest BCUT2D eigenvalue weighted by Gasteiger charge is 2.12. The van der Waals surface area contributed by atoms with E-state index in [0.717, 1.165) is 12.3 Å². The lowest BCUT2D eigenvalue weighted by Crippen LogP contribution is -2.27. The largest absolute Gasteiger partial charge is 0.491 e. The van der Waals surface area contributed by atoms with Crippen LogP contribution < -0.4 is 10.1 Å². The average molecular weight is 283 g/mol. The summed E-state index contributed by atoms with van der Waals surface area (Å²) in [7, 11) is 0. The van der Waals surface area contributed by atoms with Crippen molar-refractivity contribution >= 4 is 0 Å². The molecule has 0 amide bonds. The van der Waals surface area contributed by atoms with Crippen LogP contribution in [0.15, 0.2) is 42.5 Å². The molecule has 0 aromatic heterocycles. The zero-order valence-corrected chi connectivity index (χ0v) is 13.4. The van der Waals surface area contributed by atoms with Gasteiger partial charge < -0.3 is 10.1 Å². The van der Waals surface area contributed by atoms with Gasteiger partial charge in [-0.25, -0.2) is 0 Å². The third-order valence-corrected chi connectivity index (χ3v) is 3.60. The molecule has 0 aliphatic heterocycles. The summed E-state index contributed by atoms with van der Waals surface area (Å²) in [6.45, 7) is 10.1. The van der Waals surface area contributed by atoms with Crippen LogP contribution >= 0.6 is 0 Å². The van der Waals surface area contributed by atoms with E-state index in [0.29, 0.717) is 6.61 Å². The highest BCUT2D eigenvalue weighted by atomic mass is 16.5. The SMILES string of the molecule is CCNC(COc1ccccc1C)c1cc(C)cc(C)c1. The van der Waals surface area contributed by atoms with Crippen molar-refractivity contribution in [3.63, 3.8) is 0 Å². The van der Waals surface area contributed by atoms with Gasteiger partial charge in [0.2, 0.25) is 0 Å². The molecule has 1 atom stereocenters. The summed E-state index contributed by atoms with van der Waals surface area (Å²) in [4.78, 5) is 0. The van der Waals surface area contributed by atoms with Crippen molar-refractivity contribution in [2.24, 2.45) is 0 Å². The molecule has 0 spiro atoms. The third-order valence-electron chi connectivity index (χ3n) is 3.60. The fourth-order valence-electron chi connectivity index (χ4n) is 2.62. The Bertz CT molecular complexity index is 572. The summed E-state index contributed by atoms with van der Waals surface area (Å²) in [6, 6.07) is 15.1. The lowest BCUT2D eigenvalue weighted by atomic mass is 10.0. The fraction of sp³-hybridized carbons (Fsp3) is 0.368. The van der Waals surface area contributed by atoms with Gasteiger partial charge in [-0.3, -0.25) is 0 Å². The molecule has 1 unspecified atom stereocenters. The first-order chi connectivity index (χ1) is 10.1. The second-order valence-corrected chi connectivity index (χ2v) is 5.61. The summed E-state index contributed by atoms with van der Waals surface area (Å²) < 4.78 is 6.02. The molecule has 0 fully saturated rings. The lowest BCUT2D eigenvalue weighted by Gasteiger charge is -2.20. The molecular weight excluding hydrogens is 258 g/mol. The van der Waals surface area contributed by atoms with Crippen LogP contribution in [0.2, 0.25) is 0 Å². The average Bonchev–Trinajstić information content (AvgIpc) is 2.44. The van der Waals surface area contributed by atoms with Crippen LogP contribution in [0, 0.1) is 20.8 Å². The molecule has 112 valence electrons. The van der Waals surface area contributed by atoms with Crippen LogP contribution in [0.3, 0.4) is 0 Å². The summed E-state index contributed by atoms with van der Waals surface area (Å²) >= 11 is 0. The number of ether oxygens (including phenoxy) is 1. The number of aryl methyl sites for hydroxylation is 3. The molecule has 1 N–H and O–H groups in total. The molecule has 2 heteroatoms. The molecule has 0 aliphatic carbocycles. The Kier molecular flexibility index (Phi) is 5.40. The molecule has 0 bridgehead atoms. The van der Waals surface area contributed by atoms with E-state index in [-0.39, 0.29) is 6.04 Å². The Morgan fingerprint density at radius 1 is 1.00 bits per heavy atom. The van der Waals surface area contributed by atoms with Crippen molar-refractivity contribution in [1.29, 1.82) is 0 Å². The van der Waals surface area contributed by atoms with Crippen molar-refractivity contribution in [3.8, 4) is 5.75 Å². The van der Waals surface area contributed by atoms with Crippen molar-refractivity contribution in [2.75, 3.05) is 13.2 Å². The van der Waals surface area contributed by atoms with Crippen LogP contribution in [0.25, 0.3) is 0 Å². The summed E-state index contributed by atoms with van der Waals surface area (Å²) in [6.07, 6.45) is 0. The van der Waals surface area contributed by atoms with E-state index in [4.69, 9.17) is 4.74 Å². The highest BCUT2D eigenvalue weighted by molar-refractivity contribution is 5.33. The number of likely N-dealkylation sites (N-methyl/N-ethyl adjacent to an activating group) is 1. The van der Waals surface area contributed by atoms with Crippen LogP contribution in [-0.2, 0) is 0 Å². The van der Waals surface area contributed by atoms with Crippen LogP contribution in [-0.4, -0.2) is 13.2 Å². The first-order valence-electron chi connectivity index (χ1n) is 7.60. The van der Waals surface area contributed by atoms with Crippen molar-refractivity contribution in [3.05, 3.63) is 64.7 Å². The minimum Gasteiger partial charge on any atom is -0.491 e. The van der Waals surface area contributed by atoms with Gasteiger partial charge in [0.15, 0.2) is 0 Å². The molecule has 21 heavy (non-hydrogen) atoms. The molecule has 2 nitrogen and oxygen atoms in total. The van der Waals surface area contributed by atoms with Gasteiger partial charge in [-0.05, 0) is 44.5 Å². The van der Waals surface area contributed by atoms with E-state index in [1.54, 1.807) is 0 Å². The topological polar surface area (TPSA) is 21.3 Å². The minimum atomic E-state index is 0.216. The van der Waals surface area contributed by atoms with Gasteiger partial charge in [-0.1, -0.05) is 54.4 Å². The van der Waals surface area contributed by atoms with Gasteiger partial charge in [0.25, 0.3) is 0 Å². The van der Waals surface area contributed by atoms with Crippen molar-refractivity contribution in [2.45, 2.75) is 33.7 Å². The summed E-state index contributed by atoms with van der Waals surface area (Å²) in [5.41, 5.74) is 5.06. The number of rotatable bonds is 6. The number of nitrogens with one attached hydrogen (secondary N) is 1. The number of para-hydroxylation sites is 1. The first kappa shape index (κ1) is 15.6. The van der Waals surface area contributed by atoms with Gasteiger partial charge in [-0.2, -0.15) is 0 Å². The van der Waals surface area contributed by atoms with E-state index < -0.39 is 0 Å². The summed E-state index contributed by atoms with van der Waals surface area (Å²) in [5, 5.41) is 3.52. The predicted octanol–water partition coefficient (Wildman–Crippen LogP) is 4.34. The second kappa shape index (κ2) is 7.28. The van der Waals surface area contributed by atoms with Crippen LogP contribution in [0.4, 0.5) is 0 Å². The molecule has 0 saturated heterocycles. The molecule has 0 aliphatic rings. The van der Waals surface area contributed by atoms with E-state index in [1.165, 1.54) is 22.3 Å². The Morgan fingerprint density at radius 2 is 1.67 bits per heavy atom. The zero-order valence-electron chi connectivity index (χ0n) is 13.4. The fourth-order valence-corrected chi connectivity index (χ4v) is 2.62. The molecule has 0 radical (unpaired) electrons.